The van der Waals surface area contributed by atoms with E-state index < -0.39 is 0 Å². The summed E-state index contributed by atoms with van der Waals surface area (Å²) in [6.45, 7) is 6.22. The lowest BCUT2D eigenvalue weighted by Gasteiger charge is -2.17. The van der Waals surface area contributed by atoms with Crippen molar-refractivity contribution < 1.29 is 0 Å². The number of aromatic nitrogens is 3. The molecule has 0 saturated carbocycles. The van der Waals surface area contributed by atoms with Crippen molar-refractivity contribution >= 4 is 0 Å². The molecule has 0 amide bonds. The summed E-state index contributed by atoms with van der Waals surface area (Å²) < 4.78 is 1.93. The third kappa shape index (κ3) is 3.63. The van der Waals surface area contributed by atoms with Crippen LogP contribution in [-0.4, -0.2) is 14.8 Å². The Morgan fingerprint density at radius 3 is 2.00 bits per heavy atom. The summed E-state index contributed by atoms with van der Waals surface area (Å²) >= 11 is 0. The lowest BCUT2D eigenvalue weighted by Crippen LogP contribution is -2.00. The molecule has 3 nitrogen and oxygen atoms in total. The van der Waals surface area contributed by atoms with Crippen molar-refractivity contribution in [2.45, 2.75) is 20.8 Å². The molecule has 5 rings (SSSR count). The van der Waals surface area contributed by atoms with Crippen LogP contribution in [0.15, 0.2) is 97.3 Å². The van der Waals surface area contributed by atoms with Gasteiger partial charge in [0.1, 0.15) is 0 Å². The van der Waals surface area contributed by atoms with Crippen molar-refractivity contribution in [3.63, 3.8) is 0 Å². The van der Waals surface area contributed by atoms with Gasteiger partial charge in [0.05, 0.1) is 17.6 Å². The Bertz CT molecular complexity index is 1380. The van der Waals surface area contributed by atoms with Gasteiger partial charge in [-0.1, -0.05) is 72.8 Å². The first-order valence-electron chi connectivity index (χ1n) is 10.9. The van der Waals surface area contributed by atoms with Gasteiger partial charge >= 0.3 is 0 Å². The van der Waals surface area contributed by atoms with E-state index in [9.17, 15) is 0 Å². The molecule has 0 unspecified atom stereocenters. The lowest BCUT2D eigenvalue weighted by atomic mass is 9.86. The number of hydrogen-bond acceptors (Lipinski definition) is 2. The SMILES string of the molecule is Cc1ccc(-n2cc(-c3c(-c4ccccc4)ccc(C)c3-c3ccccc3)cn2)c(C)n1. The Morgan fingerprint density at radius 1 is 0.625 bits per heavy atom. The molecule has 2 heterocycles. The first-order valence-corrected chi connectivity index (χ1v) is 10.9. The quantitative estimate of drug-likeness (QED) is 0.311. The number of nitrogens with zero attached hydrogens (tertiary/aromatic N) is 3. The van der Waals surface area contributed by atoms with Gasteiger partial charge < -0.3 is 0 Å². The van der Waals surface area contributed by atoms with Gasteiger partial charge in [-0.2, -0.15) is 5.10 Å². The van der Waals surface area contributed by atoms with Crippen LogP contribution in [0.3, 0.4) is 0 Å². The van der Waals surface area contributed by atoms with E-state index in [1.807, 2.05) is 30.8 Å². The van der Waals surface area contributed by atoms with Crippen LogP contribution in [0.5, 0.6) is 0 Å². The smallest absolute Gasteiger partial charge is 0.0858 e. The van der Waals surface area contributed by atoms with Crippen LogP contribution >= 0.6 is 0 Å². The van der Waals surface area contributed by atoms with Crippen LogP contribution in [0.1, 0.15) is 17.0 Å². The van der Waals surface area contributed by atoms with Crippen molar-refractivity contribution in [3.8, 4) is 39.1 Å². The molecule has 156 valence electrons. The van der Waals surface area contributed by atoms with Crippen LogP contribution in [0.25, 0.3) is 39.1 Å². The molecule has 0 radical (unpaired) electrons. The minimum absolute atomic E-state index is 0.968. The molecule has 0 aliphatic carbocycles. The maximum Gasteiger partial charge on any atom is 0.0858 e. The molecule has 0 fully saturated rings. The molecule has 5 aromatic rings. The second-order valence-corrected chi connectivity index (χ2v) is 8.14. The van der Waals surface area contributed by atoms with Gasteiger partial charge in [0.15, 0.2) is 0 Å². The van der Waals surface area contributed by atoms with Gasteiger partial charge in [-0.05, 0) is 60.7 Å². The van der Waals surface area contributed by atoms with Crippen molar-refractivity contribution in [2.75, 3.05) is 0 Å². The lowest BCUT2D eigenvalue weighted by molar-refractivity contribution is 0.858. The number of benzene rings is 3. The molecule has 0 spiro atoms. The average Bonchev–Trinajstić information content (AvgIpc) is 3.29. The van der Waals surface area contributed by atoms with Gasteiger partial charge in [0.25, 0.3) is 0 Å². The minimum Gasteiger partial charge on any atom is -0.256 e. The Kier molecular flexibility index (Phi) is 5.16. The normalized spacial score (nSPS) is 11.0. The summed E-state index contributed by atoms with van der Waals surface area (Å²) in [5, 5.41) is 4.73. The highest BCUT2D eigenvalue weighted by Crippen LogP contribution is 2.42. The highest BCUT2D eigenvalue weighted by atomic mass is 15.3. The zero-order chi connectivity index (χ0) is 22.1. The Balaban J connectivity index is 1.76. The summed E-state index contributed by atoms with van der Waals surface area (Å²) in [7, 11) is 0. The molecule has 32 heavy (non-hydrogen) atoms. The van der Waals surface area contributed by atoms with E-state index in [0.717, 1.165) is 22.6 Å². The summed E-state index contributed by atoms with van der Waals surface area (Å²) in [5.41, 5.74) is 11.4. The molecule has 0 bridgehead atoms. The second kappa shape index (κ2) is 8.27. The molecular weight excluding hydrogens is 390 g/mol. The van der Waals surface area contributed by atoms with Crippen molar-refractivity contribution in [3.05, 3.63) is 114 Å². The van der Waals surface area contributed by atoms with Crippen molar-refractivity contribution in [1.82, 2.24) is 14.8 Å². The first kappa shape index (κ1) is 20.0. The molecule has 0 atom stereocenters. The van der Waals surface area contributed by atoms with Gasteiger partial charge in [-0.3, -0.25) is 4.98 Å². The average molecular weight is 416 g/mol. The molecule has 2 aromatic heterocycles. The largest absolute Gasteiger partial charge is 0.256 e. The summed E-state index contributed by atoms with van der Waals surface area (Å²) in [5.74, 6) is 0. The van der Waals surface area contributed by atoms with E-state index in [1.54, 1.807) is 0 Å². The molecule has 3 aromatic carbocycles. The topological polar surface area (TPSA) is 30.7 Å². The van der Waals surface area contributed by atoms with E-state index in [2.05, 4.69) is 97.0 Å². The van der Waals surface area contributed by atoms with Crippen molar-refractivity contribution in [2.24, 2.45) is 0 Å². The summed E-state index contributed by atoms with van der Waals surface area (Å²) in [4.78, 5) is 4.62. The zero-order valence-electron chi connectivity index (χ0n) is 18.6. The number of pyridine rings is 1. The number of hydrogen-bond donors (Lipinski definition) is 0. The van der Waals surface area contributed by atoms with Crippen LogP contribution in [0, 0.1) is 20.8 Å². The van der Waals surface area contributed by atoms with E-state index in [-0.39, 0.29) is 0 Å². The molecule has 3 heteroatoms. The molecule has 0 saturated heterocycles. The third-order valence-electron chi connectivity index (χ3n) is 5.88. The zero-order valence-corrected chi connectivity index (χ0v) is 18.6. The number of rotatable bonds is 4. The fraction of sp³-hybridized carbons (Fsp3) is 0.103. The van der Waals surface area contributed by atoms with Crippen LogP contribution in [-0.2, 0) is 0 Å². The second-order valence-electron chi connectivity index (χ2n) is 8.14. The van der Waals surface area contributed by atoms with Gasteiger partial charge in [-0.15, -0.1) is 0 Å². The van der Waals surface area contributed by atoms with E-state index >= 15 is 0 Å². The van der Waals surface area contributed by atoms with E-state index in [1.165, 1.54) is 33.4 Å². The van der Waals surface area contributed by atoms with E-state index in [0.29, 0.717) is 0 Å². The fourth-order valence-electron chi connectivity index (χ4n) is 4.35. The predicted molar refractivity (Wildman–Crippen MR) is 132 cm³/mol. The molecule has 0 N–H and O–H groups in total. The standard InChI is InChI=1S/C29H25N3/c1-20-14-16-26(23-10-6-4-7-11-23)29(28(20)24-12-8-5-9-13-24)25-18-30-32(19-25)27-17-15-21(2)31-22(27)3/h4-19H,1-3H3. The monoisotopic (exact) mass is 415 g/mol. The van der Waals surface area contributed by atoms with Crippen LogP contribution in [0.4, 0.5) is 0 Å². The van der Waals surface area contributed by atoms with Gasteiger partial charge in [0.2, 0.25) is 0 Å². The first-order chi connectivity index (χ1) is 15.6. The molecular formula is C29H25N3. The van der Waals surface area contributed by atoms with Gasteiger partial charge in [-0.25, -0.2) is 4.68 Å². The molecule has 0 aliphatic rings. The molecule has 0 aliphatic heterocycles. The van der Waals surface area contributed by atoms with Crippen molar-refractivity contribution in [1.29, 1.82) is 0 Å². The summed E-state index contributed by atoms with van der Waals surface area (Å²) in [6, 6.07) is 29.7. The van der Waals surface area contributed by atoms with Crippen LogP contribution < -0.4 is 0 Å². The maximum atomic E-state index is 4.73. The third-order valence-corrected chi connectivity index (χ3v) is 5.88. The van der Waals surface area contributed by atoms with E-state index in [4.69, 9.17) is 5.10 Å². The Morgan fingerprint density at radius 2 is 1.31 bits per heavy atom. The highest BCUT2D eigenvalue weighted by molar-refractivity contribution is 5.95. The fourth-order valence-corrected chi connectivity index (χ4v) is 4.35. The predicted octanol–water partition coefficient (Wildman–Crippen LogP) is 7.19. The summed E-state index contributed by atoms with van der Waals surface area (Å²) in [6.07, 6.45) is 4.08. The minimum atomic E-state index is 0.968. The maximum absolute atomic E-state index is 4.73. The Hall–Kier alpha value is -3.98. The van der Waals surface area contributed by atoms with Gasteiger partial charge in [0, 0.05) is 23.0 Å². The van der Waals surface area contributed by atoms with Crippen LogP contribution in [0.2, 0.25) is 0 Å². The highest BCUT2D eigenvalue weighted by Gasteiger charge is 2.18. The Labute approximate surface area is 189 Å². The number of aryl methyl sites for hydroxylation is 3.